The fourth-order valence-electron chi connectivity index (χ4n) is 2.02. The van der Waals surface area contributed by atoms with Crippen LogP contribution in [-0.2, 0) is 10.8 Å². The molecular formula is C16H23ClO2S. The summed E-state index contributed by atoms with van der Waals surface area (Å²) in [7, 11) is 1.67. The second kappa shape index (κ2) is 5.90. The van der Waals surface area contributed by atoms with E-state index in [4.69, 9.17) is 33.3 Å². The maximum atomic E-state index is 5.81. The van der Waals surface area contributed by atoms with Gasteiger partial charge < -0.3 is 9.47 Å². The molecule has 1 rings (SSSR count). The van der Waals surface area contributed by atoms with Crippen LogP contribution in [0.25, 0.3) is 0 Å². The van der Waals surface area contributed by atoms with Crippen molar-refractivity contribution in [2.45, 2.75) is 52.4 Å². The number of thiocarbonyl (C=S) groups is 1. The number of halogens is 1. The van der Waals surface area contributed by atoms with Gasteiger partial charge in [0.2, 0.25) is 0 Å². The van der Waals surface area contributed by atoms with Gasteiger partial charge in [-0.2, -0.15) is 0 Å². The van der Waals surface area contributed by atoms with E-state index in [-0.39, 0.29) is 15.3 Å². The fraction of sp³-hybridized carbons (Fsp3) is 0.562. The maximum absolute atomic E-state index is 5.81. The molecule has 0 saturated carbocycles. The lowest BCUT2D eigenvalue weighted by Crippen LogP contribution is -2.20. The Morgan fingerprint density at radius 2 is 1.40 bits per heavy atom. The van der Waals surface area contributed by atoms with Crippen LogP contribution in [0.3, 0.4) is 0 Å². The van der Waals surface area contributed by atoms with Gasteiger partial charge in [0.25, 0.3) is 4.51 Å². The minimum absolute atomic E-state index is 0.00571. The minimum Gasteiger partial charge on any atom is -0.497 e. The Bertz CT molecular complexity index is 475. The molecule has 0 bridgehead atoms. The third-order valence-corrected chi connectivity index (χ3v) is 3.26. The van der Waals surface area contributed by atoms with Gasteiger partial charge in [-0.3, -0.25) is 0 Å². The Balaban J connectivity index is 3.67. The first-order valence-electron chi connectivity index (χ1n) is 6.57. The molecule has 20 heavy (non-hydrogen) atoms. The van der Waals surface area contributed by atoms with Gasteiger partial charge >= 0.3 is 0 Å². The van der Waals surface area contributed by atoms with E-state index in [1.165, 1.54) is 0 Å². The third kappa shape index (κ3) is 4.10. The van der Waals surface area contributed by atoms with E-state index in [2.05, 4.69) is 41.5 Å². The highest BCUT2D eigenvalue weighted by atomic mass is 35.5. The number of benzene rings is 1. The third-order valence-electron chi connectivity index (χ3n) is 3.10. The predicted molar refractivity (Wildman–Crippen MR) is 89.5 cm³/mol. The number of hydrogen-bond donors (Lipinski definition) is 0. The Kier molecular flexibility index (Phi) is 5.09. The lowest BCUT2D eigenvalue weighted by Gasteiger charge is -2.29. The van der Waals surface area contributed by atoms with E-state index >= 15 is 0 Å². The summed E-state index contributed by atoms with van der Waals surface area (Å²) >= 11 is 10.7. The number of methoxy groups -OCH3 is 1. The van der Waals surface area contributed by atoms with Crippen molar-refractivity contribution in [1.82, 2.24) is 0 Å². The molecule has 0 heterocycles. The van der Waals surface area contributed by atoms with E-state index in [1.54, 1.807) is 7.11 Å². The molecule has 4 heteroatoms. The average molecular weight is 315 g/mol. The van der Waals surface area contributed by atoms with Crippen LogP contribution >= 0.6 is 23.8 Å². The molecule has 1 aromatic rings. The van der Waals surface area contributed by atoms with Crippen LogP contribution < -0.4 is 9.47 Å². The van der Waals surface area contributed by atoms with Crippen molar-refractivity contribution in [3.05, 3.63) is 23.3 Å². The van der Waals surface area contributed by atoms with Gasteiger partial charge in [0.1, 0.15) is 11.5 Å². The summed E-state index contributed by atoms with van der Waals surface area (Å²) in [5.74, 6) is 1.55. The van der Waals surface area contributed by atoms with Crippen molar-refractivity contribution in [2.24, 2.45) is 0 Å². The van der Waals surface area contributed by atoms with Gasteiger partial charge in [-0.05, 0) is 46.8 Å². The van der Waals surface area contributed by atoms with Crippen molar-refractivity contribution in [3.63, 3.8) is 0 Å². The summed E-state index contributed by atoms with van der Waals surface area (Å²) < 4.78 is 11.1. The monoisotopic (exact) mass is 314 g/mol. The molecule has 2 nitrogen and oxygen atoms in total. The Labute approximate surface area is 132 Å². The van der Waals surface area contributed by atoms with Gasteiger partial charge in [0, 0.05) is 11.1 Å². The Morgan fingerprint density at radius 1 is 1.00 bits per heavy atom. The molecule has 0 fully saturated rings. The van der Waals surface area contributed by atoms with Crippen molar-refractivity contribution >= 4 is 28.3 Å². The zero-order valence-corrected chi connectivity index (χ0v) is 14.8. The maximum Gasteiger partial charge on any atom is 0.260 e. The van der Waals surface area contributed by atoms with Gasteiger partial charge in [-0.1, -0.05) is 41.5 Å². The van der Waals surface area contributed by atoms with Crippen molar-refractivity contribution in [1.29, 1.82) is 0 Å². The van der Waals surface area contributed by atoms with Crippen LogP contribution in [0.2, 0.25) is 0 Å². The molecule has 0 aliphatic carbocycles. The highest BCUT2D eigenvalue weighted by Gasteiger charge is 2.28. The van der Waals surface area contributed by atoms with Gasteiger partial charge in [0.05, 0.1) is 7.11 Å². The van der Waals surface area contributed by atoms with Crippen LogP contribution in [0.1, 0.15) is 52.7 Å². The number of rotatable bonds is 2. The molecule has 0 radical (unpaired) electrons. The van der Waals surface area contributed by atoms with Crippen molar-refractivity contribution < 1.29 is 9.47 Å². The standard InChI is InChI=1S/C16H23ClO2S/c1-15(2,3)11-8-10(18-7)9-12(16(4,5)6)13(11)19-14(17)20/h8-9H,1-7H3. The van der Waals surface area contributed by atoms with E-state index < -0.39 is 0 Å². The second-order valence-electron chi connectivity index (χ2n) is 6.89. The smallest absolute Gasteiger partial charge is 0.260 e. The van der Waals surface area contributed by atoms with Gasteiger partial charge in [-0.25, -0.2) is 0 Å². The van der Waals surface area contributed by atoms with Crippen LogP contribution in [0.4, 0.5) is 0 Å². The summed E-state index contributed by atoms with van der Waals surface area (Å²) in [5.41, 5.74) is 1.85. The topological polar surface area (TPSA) is 18.5 Å². The average Bonchev–Trinajstić information content (AvgIpc) is 2.25. The predicted octanol–water partition coefficient (Wildman–Crippen LogP) is 5.19. The largest absolute Gasteiger partial charge is 0.497 e. The molecule has 0 spiro atoms. The van der Waals surface area contributed by atoms with E-state index in [0.717, 1.165) is 22.6 Å². The molecule has 0 N–H and O–H groups in total. The highest BCUT2D eigenvalue weighted by molar-refractivity contribution is 7.82. The zero-order chi connectivity index (χ0) is 15.7. The first kappa shape index (κ1) is 17.3. The Hall–Kier alpha value is -0.800. The molecule has 1 aromatic carbocycles. The summed E-state index contributed by atoms with van der Waals surface area (Å²) in [5, 5.41) is 0. The molecule has 0 aliphatic rings. The summed E-state index contributed by atoms with van der Waals surface area (Å²) in [4.78, 5) is 0. The summed E-state index contributed by atoms with van der Waals surface area (Å²) in [6.07, 6.45) is 0. The zero-order valence-electron chi connectivity index (χ0n) is 13.3. The first-order chi connectivity index (χ1) is 8.96. The number of hydrogen-bond acceptors (Lipinski definition) is 3. The molecule has 0 unspecified atom stereocenters. The van der Waals surface area contributed by atoms with Crippen LogP contribution in [-0.4, -0.2) is 11.6 Å². The van der Waals surface area contributed by atoms with Crippen molar-refractivity contribution in [2.75, 3.05) is 7.11 Å². The van der Waals surface area contributed by atoms with Crippen molar-refractivity contribution in [3.8, 4) is 11.5 Å². The van der Waals surface area contributed by atoms with E-state index in [1.807, 2.05) is 12.1 Å². The molecule has 0 saturated heterocycles. The molecule has 0 amide bonds. The quantitative estimate of drug-likeness (QED) is 0.552. The van der Waals surface area contributed by atoms with Crippen LogP contribution in [0, 0.1) is 0 Å². The van der Waals surface area contributed by atoms with Gasteiger partial charge in [-0.15, -0.1) is 0 Å². The molecular weight excluding hydrogens is 292 g/mol. The number of ether oxygens (including phenoxy) is 2. The fourth-order valence-corrected chi connectivity index (χ4v) is 2.19. The van der Waals surface area contributed by atoms with E-state index in [9.17, 15) is 0 Å². The summed E-state index contributed by atoms with van der Waals surface area (Å²) in [6.45, 7) is 12.7. The van der Waals surface area contributed by atoms with Gasteiger partial charge in [0.15, 0.2) is 0 Å². The normalized spacial score (nSPS) is 12.2. The lowest BCUT2D eigenvalue weighted by molar-refractivity contribution is 0.406. The second-order valence-corrected chi connectivity index (χ2v) is 7.83. The highest BCUT2D eigenvalue weighted by Crippen LogP contribution is 2.42. The molecule has 112 valence electrons. The molecule has 0 atom stereocenters. The molecule has 0 aliphatic heterocycles. The summed E-state index contributed by atoms with van der Waals surface area (Å²) in [6, 6.07) is 3.97. The SMILES string of the molecule is COc1cc(C(C)(C)C)c(OC(=S)Cl)c(C(C)(C)C)c1. The van der Waals surface area contributed by atoms with E-state index in [0.29, 0.717) is 0 Å². The minimum atomic E-state index is -0.106. The first-order valence-corrected chi connectivity index (χ1v) is 7.35. The van der Waals surface area contributed by atoms with Crippen LogP contribution in [0.15, 0.2) is 12.1 Å². The Morgan fingerprint density at radius 3 is 1.65 bits per heavy atom. The molecule has 0 aromatic heterocycles. The van der Waals surface area contributed by atoms with Crippen LogP contribution in [0.5, 0.6) is 11.5 Å². The lowest BCUT2D eigenvalue weighted by atomic mass is 9.79.